The van der Waals surface area contributed by atoms with Gasteiger partial charge in [-0.05, 0) is 19.9 Å². The number of likely N-dealkylation sites (N-methyl/N-ethyl adjacent to an activating group) is 1. The summed E-state index contributed by atoms with van der Waals surface area (Å²) >= 11 is 0. The van der Waals surface area contributed by atoms with Gasteiger partial charge in [-0.2, -0.15) is 5.10 Å². The van der Waals surface area contributed by atoms with E-state index < -0.39 is 0 Å². The molecule has 6 nitrogen and oxygen atoms in total. The van der Waals surface area contributed by atoms with Crippen LogP contribution in [0.1, 0.15) is 32.1 Å². The highest BCUT2D eigenvalue weighted by Crippen LogP contribution is 2.21. The minimum atomic E-state index is -0.182. The molecule has 3 N–H and O–H groups in total. The first-order valence-electron chi connectivity index (χ1n) is 6.99. The molecule has 106 valence electrons. The van der Waals surface area contributed by atoms with E-state index in [4.69, 9.17) is 0 Å². The van der Waals surface area contributed by atoms with Gasteiger partial charge in [0.2, 0.25) is 0 Å². The quantitative estimate of drug-likeness (QED) is 0.760. The fourth-order valence-corrected chi connectivity index (χ4v) is 2.54. The van der Waals surface area contributed by atoms with Gasteiger partial charge in [-0.25, -0.2) is 4.79 Å². The Hall–Kier alpha value is -1.56. The largest absolute Gasteiger partial charge is 0.337 e. The van der Waals surface area contributed by atoms with E-state index in [0.29, 0.717) is 18.3 Å². The molecule has 0 aromatic carbocycles. The summed E-state index contributed by atoms with van der Waals surface area (Å²) in [5.74, 6) is 0. The SMILES string of the molecule is CN(CCNC(=O)Nc1cn[nH]c1)C1CCCCC1. The molecule has 1 heterocycles. The van der Waals surface area contributed by atoms with E-state index in [2.05, 4.69) is 32.8 Å². The Labute approximate surface area is 113 Å². The van der Waals surface area contributed by atoms with Crippen LogP contribution in [0, 0.1) is 0 Å². The molecule has 19 heavy (non-hydrogen) atoms. The van der Waals surface area contributed by atoms with Crippen LogP contribution in [0.5, 0.6) is 0 Å². The van der Waals surface area contributed by atoms with Crippen LogP contribution >= 0.6 is 0 Å². The molecular weight excluding hydrogens is 242 g/mol. The molecule has 0 radical (unpaired) electrons. The van der Waals surface area contributed by atoms with Crippen molar-refractivity contribution in [1.29, 1.82) is 0 Å². The minimum absolute atomic E-state index is 0.182. The Morgan fingerprint density at radius 1 is 1.47 bits per heavy atom. The maximum atomic E-state index is 11.6. The van der Waals surface area contributed by atoms with Crippen molar-refractivity contribution in [3.05, 3.63) is 12.4 Å². The van der Waals surface area contributed by atoms with Gasteiger partial charge in [-0.3, -0.25) is 5.10 Å². The topological polar surface area (TPSA) is 73.1 Å². The number of urea groups is 1. The summed E-state index contributed by atoms with van der Waals surface area (Å²) in [5.41, 5.74) is 0.679. The van der Waals surface area contributed by atoms with Crippen molar-refractivity contribution in [2.45, 2.75) is 38.1 Å². The average molecular weight is 265 g/mol. The molecule has 0 aliphatic heterocycles. The number of aromatic nitrogens is 2. The van der Waals surface area contributed by atoms with Crippen molar-refractivity contribution >= 4 is 11.7 Å². The molecule has 2 amide bonds. The van der Waals surface area contributed by atoms with Crippen LogP contribution in [0.2, 0.25) is 0 Å². The van der Waals surface area contributed by atoms with Gasteiger partial charge in [0.25, 0.3) is 0 Å². The van der Waals surface area contributed by atoms with E-state index in [1.807, 2.05) is 0 Å². The number of carbonyl (C=O) groups is 1. The number of carbonyl (C=O) groups excluding carboxylic acids is 1. The van der Waals surface area contributed by atoms with Gasteiger partial charge < -0.3 is 15.5 Å². The Kier molecular flexibility index (Phi) is 5.20. The Morgan fingerprint density at radius 2 is 2.26 bits per heavy atom. The smallest absolute Gasteiger partial charge is 0.319 e. The van der Waals surface area contributed by atoms with Crippen molar-refractivity contribution in [1.82, 2.24) is 20.4 Å². The third-order valence-electron chi connectivity index (χ3n) is 3.70. The first-order valence-corrected chi connectivity index (χ1v) is 6.99. The highest BCUT2D eigenvalue weighted by molar-refractivity contribution is 5.88. The maximum Gasteiger partial charge on any atom is 0.319 e. The third-order valence-corrected chi connectivity index (χ3v) is 3.70. The molecule has 1 saturated carbocycles. The maximum absolute atomic E-state index is 11.6. The molecule has 1 aliphatic rings. The van der Waals surface area contributed by atoms with E-state index in [9.17, 15) is 4.79 Å². The second kappa shape index (κ2) is 7.13. The van der Waals surface area contributed by atoms with E-state index in [1.165, 1.54) is 32.1 Å². The molecular formula is C13H23N5O. The molecule has 0 unspecified atom stereocenters. The molecule has 0 bridgehead atoms. The molecule has 0 spiro atoms. The molecule has 1 aromatic rings. The number of nitrogens with one attached hydrogen (secondary N) is 3. The summed E-state index contributed by atoms with van der Waals surface area (Å²) in [6.07, 6.45) is 9.85. The third kappa shape index (κ3) is 4.55. The van der Waals surface area contributed by atoms with Crippen LogP contribution < -0.4 is 10.6 Å². The molecule has 1 fully saturated rings. The van der Waals surface area contributed by atoms with Crippen LogP contribution in [0.4, 0.5) is 10.5 Å². The number of hydrogen-bond acceptors (Lipinski definition) is 3. The zero-order valence-electron chi connectivity index (χ0n) is 11.5. The van der Waals surface area contributed by atoms with Crippen LogP contribution in [0.25, 0.3) is 0 Å². The fourth-order valence-electron chi connectivity index (χ4n) is 2.54. The number of rotatable bonds is 5. The Bertz CT molecular complexity index is 372. The van der Waals surface area contributed by atoms with Crippen molar-refractivity contribution in [2.24, 2.45) is 0 Å². The van der Waals surface area contributed by atoms with Crippen molar-refractivity contribution in [3.8, 4) is 0 Å². The summed E-state index contributed by atoms with van der Waals surface area (Å²) in [7, 11) is 2.14. The first-order chi connectivity index (χ1) is 9.25. The summed E-state index contributed by atoms with van der Waals surface area (Å²) in [6.45, 7) is 1.56. The van der Waals surface area contributed by atoms with Gasteiger partial charge in [0, 0.05) is 25.3 Å². The molecule has 6 heteroatoms. The van der Waals surface area contributed by atoms with E-state index in [1.54, 1.807) is 12.4 Å². The zero-order valence-corrected chi connectivity index (χ0v) is 11.5. The van der Waals surface area contributed by atoms with Crippen molar-refractivity contribution < 1.29 is 4.79 Å². The second-order valence-electron chi connectivity index (χ2n) is 5.14. The van der Waals surface area contributed by atoms with E-state index in [-0.39, 0.29) is 6.03 Å². The van der Waals surface area contributed by atoms with E-state index in [0.717, 1.165) is 6.54 Å². The predicted octanol–water partition coefficient (Wildman–Crippen LogP) is 1.80. The van der Waals surface area contributed by atoms with Gasteiger partial charge in [0.15, 0.2) is 0 Å². The fraction of sp³-hybridized carbons (Fsp3) is 0.692. The van der Waals surface area contributed by atoms with Gasteiger partial charge in [0.1, 0.15) is 0 Å². The lowest BCUT2D eigenvalue weighted by Crippen LogP contribution is -2.40. The van der Waals surface area contributed by atoms with Crippen LogP contribution in [-0.4, -0.2) is 47.3 Å². The Balaban J connectivity index is 1.61. The van der Waals surface area contributed by atoms with Crippen LogP contribution in [0.15, 0.2) is 12.4 Å². The molecule has 1 aliphatic carbocycles. The first kappa shape index (κ1) is 13.9. The normalized spacial score (nSPS) is 16.5. The minimum Gasteiger partial charge on any atom is -0.337 e. The summed E-state index contributed by atoms with van der Waals surface area (Å²) < 4.78 is 0. The molecule has 1 aromatic heterocycles. The van der Waals surface area contributed by atoms with Crippen LogP contribution in [0.3, 0.4) is 0 Å². The summed E-state index contributed by atoms with van der Waals surface area (Å²) in [6, 6.07) is 0.505. The number of hydrogen-bond donors (Lipinski definition) is 3. The summed E-state index contributed by atoms with van der Waals surface area (Å²) in [5, 5.41) is 12.0. The lowest BCUT2D eigenvalue weighted by atomic mass is 9.94. The number of amides is 2. The second-order valence-corrected chi connectivity index (χ2v) is 5.14. The highest BCUT2D eigenvalue weighted by atomic mass is 16.2. The average Bonchev–Trinajstić information content (AvgIpc) is 2.92. The monoisotopic (exact) mass is 265 g/mol. The van der Waals surface area contributed by atoms with Gasteiger partial charge in [-0.15, -0.1) is 0 Å². The number of nitrogens with zero attached hydrogens (tertiary/aromatic N) is 2. The number of aromatic amines is 1. The lowest BCUT2D eigenvalue weighted by Gasteiger charge is -2.31. The van der Waals surface area contributed by atoms with Gasteiger partial charge >= 0.3 is 6.03 Å². The summed E-state index contributed by atoms with van der Waals surface area (Å²) in [4.78, 5) is 13.9. The van der Waals surface area contributed by atoms with Crippen LogP contribution in [-0.2, 0) is 0 Å². The standard InChI is InChI=1S/C13H23N5O/c1-18(12-5-3-2-4-6-12)8-7-14-13(19)17-11-9-15-16-10-11/h9-10,12H,2-8H2,1H3,(H,15,16)(H2,14,17,19). The molecule has 2 rings (SSSR count). The number of H-pyrrole nitrogens is 1. The van der Waals surface area contributed by atoms with Crippen molar-refractivity contribution in [2.75, 3.05) is 25.5 Å². The van der Waals surface area contributed by atoms with Gasteiger partial charge in [0.05, 0.1) is 11.9 Å². The number of anilines is 1. The highest BCUT2D eigenvalue weighted by Gasteiger charge is 2.17. The zero-order chi connectivity index (χ0) is 13.5. The lowest BCUT2D eigenvalue weighted by molar-refractivity contribution is 0.192. The van der Waals surface area contributed by atoms with Gasteiger partial charge in [-0.1, -0.05) is 19.3 Å². The molecule has 0 atom stereocenters. The van der Waals surface area contributed by atoms with Crippen molar-refractivity contribution in [3.63, 3.8) is 0 Å². The predicted molar refractivity (Wildman–Crippen MR) is 75.1 cm³/mol. The Morgan fingerprint density at radius 3 is 2.95 bits per heavy atom. The van der Waals surface area contributed by atoms with E-state index >= 15 is 0 Å². The molecule has 0 saturated heterocycles.